The zero-order chi connectivity index (χ0) is 42.3. The van der Waals surface area contributed by atoms with Gasteiger partial charge in [-0.25, -0.2) is 0 Å². The van der Waals surface area contributed by atoms with Crippen LogP contribution in [-0.2, 0) is 34.1 Å². The SMILES string of the molecule is CCCCCCCCCC[C@H]1COc2ccc(C(C)(C)C)cc2P(=O)(OCC)c2cc(C(C)(C)C)ccc2OC[C@H](CCCCCCCCCC)OCCOCCO1. The van der Waals surface area contributed by atoms with Crippen LogP contribution in [-0.4, -0.2) is 58.5 Å². The summed E-state index contributed by atoms with van der Waals surface area (Å²) < 4.78 is 55.0. The lowest BCUT2D eigenvalue weighted by atomic mass is 9.87. The average Bonchev–Trinajstić information content (AvgIpc) is 3.18. The quantitative estimate of drug-likeness (QED) is 0.0972. The van der Waals surface area contributed by atoms with Crippen molar-refractivity contribution in [1.29, 1.82) is 0 Å². The third-order valence-electron chi connectivity index (χ3n) is 11.4. The van der Waals surface area contributed by atoms with Crippen molar-refractivity contribution in [3.63, 3.8) is 0 Å². The highest BCUT2D eigenvalue weighted by molar-refractivity contribution is 7.74. The Morgan fingerprint density at radius 2 is 0.931 bits per heavy atom. The van der Waals surface area contributed by atoms with Crippen LogP contribution >= 0.6 is 7.37 Å². The molecule has 2 aromatic rings. The molecule has 0 aliphatic carbocycles. The van der Waals surface area contributed by atoms with Gasteiger partial charge in [-0.15, -0.1) is 0 Å². The van der Waals surface area contributed by atoms with Gasteiger partial charge in [0.25, 0.3) is 7.37 Å². The molecule has 1 aliphatic rings. The molecule has 0 saturated carbocycles. The van der Waals surface area contributed by atoms with Crippen molar-refractivity contribution in [2.24, 2.45) is 0 Å². The molecule has 332 valence electrons. The molecule has 0 radical (unpaired) electrons. The lowest BCUT2D eigenvalue weighted by molar-refractivity contribution is -0.0445. The predicted molar refractivity (Wildman–Crippen MR) is 245 cm³/mol. The number of fused-ring (bicyclic) bond motifs is 2. The molecule has 0 N–H and O–H groups in total. The summed E-state index contributed by atoms with van der Waals surface area (Å²) in [6, 6.07) is 12.3. The number of hydrogen-bond donors (Lipinski definition) is 0. The molecule has 2 aromatic carbocycles. The van der Waals surface area contributed by atoms with Gasteiger partial charge in [-0.2, -0.15) is 0 Å². The van der Waals surface area contributed by atoms with E-state index >= 15 is 4.57 Å². The van der Waals surface area contributed by atoms with Crippen molar-refractivity contribution in [2.75, 3.05) is 46.2 Å². The van der Waals surface area contributed by atoms with Crippen LogP contribution in [0.2, 0.25) is 0 Å². The van der Waals surface area contributed by atoms with Crippen LogP contribution in [0.15, 0.2) is 36.4 Å². The van der Waals surface area contributed by atoms with E-state index in [4.69, 9.17) is 28.2 Å². The number of rotatable bonds is 20. The first-order valence-corrected chi connectivity index (χ1v) is 25.1. The summed E-state index contributed by atoms with van der Waals surface area (Å²) in [5.74, 6) is 1.13. The summed E-state index contributed by atoms with van der Waals surface area (Å²) in [4.78, 5) is 0. The normalized spacial score (nSPS) is 18.6. The van der Waals surface area contributed by atoms with Crippen LogP contribution in [0.5, 0.6) is 11.5 Å². The standard InChI is InChI=1S/C50H85O7P/c1-10-13-15-17-19-21-23-25-27-43-39-55-45-31-29-41(49(4,5)6)37-47(45)58(51,57-12-3)48-38-42(50(7,8)9)30-32-46(48)56-40-44(54-36-34-52-33-35-53-43)28-26-24-22-20-18-16-14-11-2/h29-32,37-38,43-44H,10-28,33-36,39-40H2,1-9H3/t43-,44-/m0/s1. The predicted octanol–water partition coefficient (Wildman–Crippen LogP) is 13.2. The summed E-state index contributed by atoms with van der Waals surface area (Å²) >= 11 is 0. The Morgan fingerprint density at radius 3 is 1.29 bits per heavy atom. The second-order valence-corrected chi connectivity index (χ2v) is 20.9. The largest absolute Gasteiger partial charge is 0.490 e. The molecular weight excluding hydrogens is 744 g/mol. The van der Waals surface area contributed by atoms with Crippen molar-refractivity contribution in [3.8, 4) is 11.5 Å². The Morgan fingerprint density at radius 1 is 0.552 bits per heavy atom. The average molecular weight is 829 g/mol. The molecule has 3 rings (SSSR count). The monoisotopic (exact) mass is 829 g/mol. The Kier molecular flexibility index (Phi) is 23.6. The fourth-order valence-corrected chi connectivity index (χ4v) is 9.96. The molecule has 2 atom stereocenters. The second-order valence-electron chi connectivity index (χ2n) is 18.6. The van der Waals surface area contributed by atoms with Crippen molar-refractivity contribution in [2.45, 2.75) is 201 Å². The molecule has 8 heteroatoms. The first kappa shape index (κ1) is 50.5. The zero-order valence-electron chi connectivity index (χ0n) is 38.6. The summed E-state index contributed by atoms with van der Waals surface area (Å²) in [6.45, 7) is 22.4. The second kappa shape index (κ2) is 27.1. The van der Waals surface area contributed by atoms with Gasteiger partial charge in [-0.3, -0.25) is 4.57 Å². The first-order chi connectivity index (χ1) is 27.8. The van der Waals surface area contributed by atoms with Crippen molar-refractivity contribution < 1.29 is 32.8 Å². The van der Waals surface area contributed by atoms with E-state index in [1.54, 1.807) is 0 Å². The molecular formula is C50H85O7P. The molecule has 0 saturated heterocycles. The fraction of sp³-hybridized carbons (Fsp3) is 0.760. The van der Waals surface area contributed by atoms with E-state index < -0.39 is 7.37 Å². The van der Waals surface area contributed by atoms with E-state index in [9.17, 15) is 0 Å². The van der Waals surface area contributed by atoms with E-state index in [0.717, 1.165) is 36.8 Å². The van der Waals surface area contributed by atoms with Gasteiger partial charge in [0.05, 0.1) is 55.9 Å². The molecule has 0 fully saturated rings. The van der Waals surface area contributed by atoms with E-state index in [2.05, 4.69) is 67.5 Å². The smallest absolute Gasteiger partial charge is 0.268 e. The van der Waals surface area contributed by atoms with E-state index in [-0.39, 0.29) is 29.6 Å². The lowest BCUT2D eigenvalue weighted by Gasteiger charge is -2.29. The van der Waals surface area contributed by atoms with Crippen molar-refractivity contribution in [3.05, 3.63) is 47.5 Å². The van der Waals surface area contributed by atoms with Crippen LogP contribution in [0.25, 0.3) is 0 Å². The number of ether oxygens (including phenoxy) is 5. The topological polar surface area (TPSA) is 72.5 Å². The Hall–Kier alpha value is -1.89. The summed E-state index contributed by atoms with van der Waals surface area (Å²) in [7, 11) is -3.77. The molecule has 0 unspecified atom stereocenters. The van der Waals surface area contributed by atoms with Crippen LogP contribution in [0, 0.1) is 0 Å². The Balaban J connectivity index is 2.00. The van der Waals surface area contributed by atoms with E-state index in [1.807, 2.05) is 31.2 Å². The Labute approximate surface area is 355 Å². The maximum Gasteiger partial charge on any atom is 0.268 e. The zero-order valence-corrected chi connectivity index (χ0v) is 39.5. The number of hydrogen-bond acceptors (Lipinski definition) is 7. The van der Waals surface area contributed by atoms with Gasteiger partial charge < -0.3 is 28.2 Å². The highest BCUT2D eigenvalue weighted by Gasteiger charge is 2.37. The molecule has 7 nitrogen and oxygen atoms in total. The minimum absolute atomic E-state index is 0.125. The molecule has 0 bridgehead atoms. The highest BCUT2D eigenvalue weighted by atomic mass is 31.2. The third kappa shape index (κ3) is 18.0. The minimum Gasteiger partial charge on any atom is -0.490 e. The van der Waals surface area contributed by atoms with Crippen LogP contribution < -0.4 is 20.1 Å². The van der Waals surface area contributed by atoms with Crippen molar-refractivity contribution in [1.82, 2.24) is 0 Å². The first-order valence-electron chi connectivity index (χ1n) is 23.4. The van der Waals surface area contributed by atoms with E-state index in [1.165, 1.54) is 89.9 Å². The maximum absolute atomic E-state index is 16.0. The fourth-order valence-electron chi connectivity index (χ4n) is 7.58. The summed E-state index contributed by atoms with van der Waals surface area (Å²) in [5, 5.41) is 1.14. The maximum atomic E-state index is 16.0. The molecule has 0 spiro atoms. The number of unbranched alkanes of at least 4 members (excludes halogenated alkanes) is 14. The highest BCUT2D eigenvalue weighted by Crippen LogP contribution is 2.51. The Bertz CT molecular complexity index is 1340. The van der Waals surface area contributed by atoms with Gasteiger partial charge in [0.1, 0.15) is 24.7 Å². The summed E-state index contributed by atoms with van der Waals surface area (Å²) in [6.07, 6.45) is 21.6. The minimum atomic E-state index is -3.77. The van der Waals surface area contributed by atoms with Gasteiger partial charge in [0, 0.05) is 0 Å². The molecule has 1 aliphatic heterocycles. The molecule has 0 aromatic heterocycles. The molecule has 1 heterocycles. The van der Waals surface area contributed by atoms with Crippen LogP contribution in [0.4, 0.5) is 0 Å². The van der Waals surface area contributed by atoms with Gasteiger partial charge >= 0.3 is 0 Å². The van der Waals surface area contributed by atoms with Crippen LogP contribution in [0.1, 0.15) is 189 Å². The lowest BCUT2D eigenvalue weighted by Crippen LogP contribution is -2.30. The van der Waals surface area contributed by atoms with Crippen molar-refractivity contribution >= 4 is 18.0 Å². The molecule has 58 heavy (non-hydrogen) atoms. The summed E-state index contributed by atoms with van der Waals surface area (Å²) in [5.41, 5.74) is 1.75. The van der Waals surface area contributed by atoms with Gasteiger partial charge in [-0.05, 0) is 66.0 Å². The third-order valence-corrected chi connectivity index (χ3v) is 14.0. The van der Waals surface area contributed by atoms with Gasteiger partial charge in [0.15, 0.2) is 0 Å². The van der Waals surface area contributed by atoms with Gasteiger partial charge in [0.2, 0.25) is 0 Å². The van der Waals surface area contributed by atoms with Gasteiger partial charge in [-0.1, -0.05) is 170 Å². The number of benzene rings is 2. The molecule has 0 amide bonds. The van der Waals surface area contributed by atoms with Crippen LogP contribution in [0.3, 0.4) is 0 Å². The van der Waals surface area contributed by atoms with E-state index in [0.29, 0.717) is 61.7 Å².